The molecule has 0 spiro atoms. The van der Waals surface area contributed by atoms with E-state index in [1.54, 1.807) is 0 Å². The van der Waals surface area contributed by atoms with Crippen molar-refractivity contribution in [1.82, 2.24) is 0 Å². The summed E-state index contributed by atoms with van der Waals surface area (Å²) in [6.45, 7) is 0. The topological polar surface area (TPSA) is 29.5 Å². The second-order valence-corrected chi connectivity index (χ2v) is 4.75. The molecule has 0 amide bonds. The number of ether oxygens (including phenoxy) is 1. The number of hydrogen-bond donors (Lipinski definition) is 0. The summed E-state index contributed by atoms with van der Waals surface area (Å²) >= 11 is 0.122. The number of rotatable bonds is 2. The minimum atomic E-state index is -0.205. The summed E-state index contributed by atoms with van der Waals surface area (Å²) in [6, 6.07) is 3.80. The van der Waals surface area contributed by atoms with Crippen LogP contribution in [0, 0.1) is 0 Å². The quantitative estimate of drug-likeness (QED) is 0.552. The van der Waals surface area contributed by atoms with Crippen molar-refractivity contribution in [2.45, 2.75) is 0 Å². The van der Waals surface area contributed by atoms with Crippen LogP contribution in [0.1, 0.15) is 9.23 Å². The van der Waals surface area contributed by atoms with Crippen LogP contribution in [0.2, 0.25) is 0 Å². The molecule has 12 heavy (non-hydrogen) atoms. The molecule has 0 saturated carbocycles. The molecule has 0 aliphatic heterocycles. The number of anilines is 1. The Morgan fingerprint density at radius 1 is 1.50 bits per heavy atom. The fourth-order valence-electron chi connectivity index (χ4n) is 0.778. The third kappa shape index (κ3) is 1.90. The first-order valence-electron chi connectivity index (χ1n) is 3.50. The van der Waals surface area contributed by atoms with Crippen molar-refractivity contribution in [3.8, 4) is 0 Å². The molecule has 0 aliphatic rings. The molecule has 1 rings (SSSR count). The average molecular weight is 232 g/mol. The van der Waals surface area contributed by atoms with Gasteiger partial charge in [-0.15, -0.1) is 0 Å². The fourth-order valence-corrected chi connectivity index (χ4v) is 2.55. The van der Waals surface area contributed by atoms with E-state index in [0.717, 1.165) is 4.44 Å². The Labute approximate surface area is 77.7 Å². The van der Waals surface area contributed by atoms with E-state index in [2.05, 4.69) is 4.74 Å². The van der Waals surface area contributed by atoms with E-state index in [0.29, 0.717) is 0 Å². The predicted octanol–water partition coefficient (Wildman–Crippen LogP) is 0.596. The minimum absolute atomic E-state index is 0.122. The third-order valence-electron chi connectivity index (χ3n) is 1.42. The number of carbonyl (C=O) groups excluding carboxylic acids is 1. The number of hydrogen-bond acceptors (Lipinski definition) is 3. The van der Waals surface area contributed by atoms with Crippen molar-refractivity contribution in [1.29, 1.82) is 0 Å². The molecular formula is C8H11NO2Se. The Balaban J connectivity index is 2.84. The van der Waals surface area contributed by atoms with Crippen LogP contribution in [-0.4, -0.2) is 41.7 Å². The number of nitrogens with zero attached hydrogens (tertiary/aromatic N) is 1. The Kier molecular flexibility index (Phi) is 2.95. The van der Waals surface area contributed by atoms with Crippen LogP contribution >= 0.6 is 0 Å². The van der Waals surface area contributed by atoms with E-state index in [1.807, 2.05) is 31.1 Å². The molecule has 0 unspecified atom stereocenters. The van der Waals surface area contributed by atoms with Gasteiger partial charge in [0.1, 0.15) is 0 Å². The Hall–Kier alpha value is -0.731. The van der Waals surface area contributed by atoms with Gasteiger partial charge in [0.2, 0.25) is 0 Å². The van der Waals surface area contributed by atoms with Gasteiger partial charge < -0.3 is 0 Å². The molecule has 1 aromatic heterocycles. The Morgan fingerprint density at radius 3 is 2.58 bits per heavy atom. The average Bonchev–Trinajstić information content (AvgIpc) is 2.51. The second-order valence-electron chi connectivity index (χ2n) is 2.52. The van der Waals surface area contributed by atoms with Gasteiger partial charge in [0.15, 0.2) is 0 Å². The van der Waals surface area contributed by atoms with Crippen molar-refractivity contribution in [2.75, 3.05) is 26.1 Å². The summed E-state index contributed by atoms with van der Waals surface area (Å²) in [6.07, 6.45) is 0. The first-order valence-corrected chi connectivity index (χ1v) is 5.22. The molecule has 0 saturated heterocycles. The fraction of sp³-hybridized carbons (Fsp3) is 0.375. The van der Waals surface area contributed by atoms with E-state index >= 15 is 0 Å². The molecule has 0 N–H and O–H groups in total. The maximum absolute atomic E-state index is 11.1. The standard InChI is InChI=1S/C8H11NO2Se/c1-9(2)7-5-4-6(12-7)8(10)11-3/h4-5H,1-3H3. The van der Waals surface area contributed by atoms with Crippen molar-refractivity contribution < 1.29 is 9.53 Å². The van der Waals surface area contributed by atoms with Crippen LogP contribution in [0.15, 0.2) is 12.1 Å². The molecule has 4 heteroatoms. The summed E-state index contributed by atoms with van der Waals surface area (Å²) in [5, 5.41) is 0. The van der Waals surface area contributed by atoms with Gasteiger partial charge in [-0.2, -0.15) is 0 Å². The van der Waals surface area contributed by atoms with Gasteiger partial charge in [-0.3, -0.25) is 0 Å². The van der Waals surface area contributed by atoms with Crippen LogP contribution in [0.5, 0.6) is 0 Å². The molecule has 0 aliphatic carbocycles. The van der Waals surface area contributed by atoms with Gasteiger partial charge in [-0.1, -0.05) is 0 Å². The van der Waals surface area contributed by atoms with Crippen molar-refractivity contribution in [3.63, 3.8) is 0 Å². The van der Waals surface area contributed by atoms with Gasteiger partial charge in [-0.05, 0) is 0 Å². The molecular weight excluding hydrogens is 221 g/mol. The molecule has 3 nitrogen and oxygen atoms in total. The summed E-state index contributed by atoms with van der Waals surface area (Å²) in [5.74, 6) is -0.205. The normalized spacial score (nSPS) is 9.58. The van der Waals surface area contributed by atoms with Gasteiger partial charge in [-0.25, -0.2) is 0 Å². The summed E-state index contributed by atoms with van der Waals surface area (Å²) < 4.78 is 6.60. The van der Waals surface area contributed by atoms with Crippen LogP contribution in [0.3, 0.4) is 0 Å². The summed E-state index contributed by atoms with van der Waals surface area (Å²) in [7, 11) is 5.36. The zero-order valence-electron chi connectivity index (χ0n) is 7.33. The molecule has 1 aromatic rings. The first kappa shape index (κ1) is 9.36. The van der Waals surface area contributed by atoms with Crippen LogP contribution in [-0.2, 0) is 4.74 Å². The van der Waals surface area contributed by atoms with Crippen molar-refractivity contribution in [2.24, 2.45) is 0 Å². The van der Waals surface area contributed by atoms with Gasteiger partial charge in [0.25, 0.3) is 0 Å². The van der Waals surface area contributed by atoms with Crippen LogP contribution < -0.4 is 4.90 Å². The number of carbonyl (C=O) groups is 1. The maximum atomic E-state index is 11.1. The molecule has 0 fully saturated rings. The molecule has 0 atom stereocenters. The Morgan fingerprint density at radius 2 is 2.17 bits per heavy atom. The van der Waals surface area contributed by atoms with Crippen molar-refractivity contribution >= 4 is 25.0 Å². The zero-order chi connectivity index (χ0) is 9.14. The van der Waals surface area contributed by atoms with E-state index in [4.69, 9.17) is 0 Å². The van der Waals surface area contributed by atoms with Gasteiger partial charge in [0, 0.05) is 0 Å². The Bertz CT molecular complexity index is 280. The molecule has 1 heterocycles. The van der Waals surface area contributed by atoms with E-state index in [-0.39, 0.29) is 20.5 Å². The monoisotopic (exact) mass is 233 g/mol. The first-order chi connectivity index (χ1) is 5.65. The van der Waals surface area contributed by atoms with Gasteiger partial charge >= 0.3 is 77.2 Å². The molecule has 0 bridgehead atoms. The van der Waals surface area contributed by atoms with Crippen LogP contribution in [0.4, 0.5) is 4.56 Å². The van der Waals surface area contributed by atoms with Gasteiger partial charge in [0.05, 0.1) is 0 Å². The van der Waals surface area contributed by atoms with E-state index in [1.165, 1.54) is 11.7 Å². The molecule has 0 aromatic carbocycles. The number of methoxy groups -OCH3 is 1. The van der Waals surface area contributed by atoms with E-state index < -0.39 is 0 Å². The molecule has 66 valence electrons. The van der Waals surface area contributed by atoms with Crippen LogP contribution in [0.25, 0.3) is 0 Å². The van der Waals surface area contributed by atoms with Crippen molar-refractivity contribution in [3.05, 3.63) is 16.6 Å². The zero-order valence-corrected chi connectivity index (χ0v) is 9.04. The SMILES string of the molecule is COC(=O)c1ccc(N(C)C)[se]1. The van der Waals surface area contributed by atoms with E-state index in [9.17, 15) is 4.79 Å². The third-order valence-corrected chi connectivity index (χ3v) is 4.01. The predicted molar refractivity (Wildman–Crippen MR) is 49.0 cm³/mol. The second kappa shape index (κ2) is 3.78. The number of esters is 1. The summed E-state index contributed by atoms with van der Waals surface area (Å²) in [5.41, 5.74) is 0. The molecule has 0 radical (unpaired) electrons. The summed E-state index contributed by atoms with van der Waals surface area (Å²) in [4.78, 5) is 13.1.